The molecule has 0 bridgehead atoms. The van der Waals surface area contributed by atoms with Crippen LogP contribution in [-0.4, -0.2) is 18.3 Å². The molecule has 23 heavy (non-hydrogen) atoms. The van der Waals surface area contributed by atoms with Gasteiger partial charge in [-0.2, -0.15) is 0 Å². The molecule has 2 nitrogen and oxygen atoms in total. The van der Waals surface area contributed by atoms with Crippen LogP contribution in [0.3, 0.4) is 0 Å². The third-order valence-corrected chi connectivity index (χ3v) is 8.82. The van der Waals surface area contributed by atoms with E-state index in [-0.39, 0.29) is 0 Å². The van der Waals surface area contributed by atoms with E-state index in [1.54, 1.807) is 0 Å². The van der Waals surface area contributed by atoms with Crippen molar-refractivity contribution in [1.82, 2.24) is 4.98 Å². The van der Waals surface area contributed by atoms with Crippen molar-refractivity contribution in [3.05, 3.63) is 47.7 Å². The summed E-state index contributed by atoms with van der Waals surface area (Å²) in [6.45, 7) is 4.24. The Bertz CT molecular complexity index is 954. The van der Waals surface area contributed by atoms with Crippen LogP contribution < -0.4 is 9.13 Å². The molecule has 0 radical (unpaired) electrons. The van der Waals surface area contributed by atoms with Crippen molar-refractivity contribution in [2.45, 2.75) is 31.1 Å². The molecule has 0 unspecified atom stereocenters. The molecule has 3 aromatic rings. The molecule has 0 spiro atoms. The third-order valence-electron chi connectivity index (χ3n) is 4.58. The molecule has 2 aromatic carbocycles. The topological polar surface area (TPSA) is 22.1 Å². The Morgan fingerprint density at radius 3 is 2.52 bits per heavy atom. The monoisotopic (exact) mass is 365 g/mol. The molecule has 0 saturated heterocycles. The normalized spacial score (nSPS) is 12.9. The van der Waals surface area contributed by atoms with Crippen LogP contribution in [0.15, 0.2) is 36.5 Å². The number of hydrogen-bond donors (Lipinski definition) is 0. The van der Waals surface area contributed by atoms with Gasteiger partial charge >= 0.3 is 140 Å². The number of rotatable bonds is 1. The summed E-state index contributed by atoms with van der Waals surface area (Å²) in [6, 6.07) is 11.1. The van der Waals surface area contributed by atoms with Gasteiger partial charge in [0.15, 0.2) is 0 Å². The molecule has 0 aliphatic carbocycles. The molecule has 0 N–H and O–H groups in total. The zero-order chi connectivity index (χ0) is 16.4. The maximum atomic E-state index is 6.36. The Hall–Kier alpha value is -1.81. The van der Waals surface area contributed by atoms with E-state index in [0.29, 0.717) is 0 Å². The minimum atomic E-state index is -1.93. The average Bonchev–Trinajstić information content (AvgIpc) is 2.47. The number of hydrogen-bond acceptors (Lipinski definition) is 2. The van der Waals surface area contributed by atoms with Crippen LogP contribution in [-0.2, 0) is 0 Å². The minimum absolute atomic E-state index is 0.960. The van der Waals surface area contributed by atoms with E-state index in [1.165, 1.54) is 20.9 Å². The van der Waals surface area contributed by atoms with Crippen molar-refractivity contribution in [3.63, 3.8) is 0 Å². The van der Waals surface area contributed by atoms with Gasteiger partial charge < -0.3 is 0 Å². The first-order valence-electron chi connectivity index (χ1n) is 8.07. The molecule has 1 aromatic heterocycles. The van der Waals surface area contributed by atoms with E-state index in [9.17, 15) is 0 Å². The molecule has 3 heteroatoms. The number of ether oxygens (including phenoxy) is 1. The number of aryl methyl sites for hydroxylation is 2. The molecule has 4 rings (SSSR count). The zero-order valence-corrected chi connectivity index (χ0v) is 16.4. The van der Waals surface area contributed by atoms with Crippen LogP contribution in [0, 0.1) is 13.8 Å². The van der Waals surface area contributed by atoms with Crippen LogP contribution >= 0.6 is 0 Å². The van der Waals surface area contributed by atoms with E-state index < -0.39 is 13.3 Å². The van der Waals surface area contributed by atoms with Crippen LogP contribution in [0.2, 0.25) is 17.3 Å². The Balaban J connectivity index is 2.10. The molecule has 0 fully saturated rings. The summed E-state index contributed by atoms with van der Waals surface area (Å²) in [6.07, 6.45) is 1.92. The van der Waals surface area contributed by atoms with E-state index in [1.807, 2.05) is 6.20 Å². The van der Waals surface area contributed by atoms with Gasteiger partial charge in [0.1, 0.15) is 0 Å². The number of nitrogens with zero attached hydrogens (tertiary/aromatic N) is 1. The van der Waals surface area contributed by atoms with Crippen LogP contribution in [0.25, 0.3) is 22.0 Å². The third kappa shape index (κ3) is 2.28. The van der Waals surface area contributed by atoms with Gasteiger partial charge in [-0.3, -0.25) is 0 Å². The molecular weight excluding hydrogens is 343 g/mol. The van der Waals surface area contributed by atoms with E-state index in [0.717, 1.165) is 28.1 Å². The molecule has 1 aliphatic heterocycles. The van der Waals surface area contributed by atoms with Crippen LogP contribution in [0.4, 0.5) is 0 Å². The summed E-state index contributed by atoms with van der Waals surface area (Å²) in [4.78, 5) is 4.69. The van der Waals surface area contributed by atoms with Gasteiger partial charge in [0.2, 0.25) is 0 Å². The van der Waals surface area contributed by atoms with Gasteiger partial charge in [-0.25, -0.2) is 0 Å². The standard InChI is InChI=1S/C20H21GeNO/c1-12-8-13(2)20-16(9-12)19-18-14(6-7-22-19)10-15(21(3,4)5)11-17(18)23-20/h6-11H,1-5H3. The number of benzene rings is 2. The zero-order valence-electron chi connectivity index (χ0n) is 14.3. The molecular formula is C20H21GeNO. The van der Waals surface area contributed by atoms with Crippen LogP contribution in [0.5, 0.6) is 11.5 Å². The van der Waals surface area contributed by atoms with Crippen molar-refractivity contribution < 1.29 is 4.74 Å². The summed E-state index contributed by atoms with van der Waals surface area (Å²) in [7, 11) is 0. The van der Waals surface area contributed by atoms with Crippen molar-refractivity contribution in [2.24, 2.45) is 0 Å². The molecule has 2 heterocycles. The second kappa shape index (κ2) is 4.84. The Morgan fingerprint density at radius 2 is 1.78 bits per heavy atom. The first kappa shape index (κ1) is 14.8. The van der Waals surface area contributed by atoms with E-state index in [2.05, 4.69) is 66.4 Å². The quantitative estimate of drug-likeness (QED) is 0.435. The van der Waals surface area contributed by atoms with Gasteiger partial charge in [0.05, 0.1) is 0 Å². The molecule has 0 amide bonds. The Kier molecular flexibility index (Phi) is 3.11. The number of fused-ring (bicyclic) bond motifs is 2. The molecule has 1 aliphatic rings. The maximum absolute atomic E-state index is 6.36. The van der Waals surface area contributed by atoms with Crippen molar-refractivity contribution in [3.8, 4) is 22.8 Å². The molecule has 0 saturated carbocycles. The van der Waals surface area contributed by atoms with Gasteiger partial charge in [-0.15, -0.1) is 0 Å². The molecule has 0 atom stereocenters. The first-order chi connectivity index (χ1) is 10.8. The second-order valence-corrected chi connectivity index (χ2v) is 18.2. The van der Waals surface area contributed by atoms with Crippen LogP contribution in [0.1, 0.15) is 11.1 Å². The van der Waals surface area contributed by atoms with Crippen molar-refractivity contribution in [2.75, 3.05) is 0 Å². The predicted octanol–water partition coefficient (Wildman–Crippen LogP) is 5.17. The summed E-state index contributed by atoms with van der Waals surface area (Å²) in [5.74, 6) is 9.19. The number of pyridine rings is 1. The van der Waals surface area contributed by atoms with Gasteiger partial charge in [0.25, 0.3) is 0 Å². The summed E-state index contributed by atoms with van der Waals surface area (Å²) in [5.41, 5.74) is 4.59. The SMILES string of the molecule is Cc1cc(C)c2c(c1)-c1nccc3c[c]([Ge]([CH3])([CH3])[CH3])cc(c13)O2. The summed E-state index contributed by atoms with van der Waals surface area (Å²) < 4.78 is 7.83. The fraction of sp³-hybridized carbons (Fsp3) is 0.250. The van der Waals surface area contributed by atoms with E-state index >= 15 is 0 Å². The summed E-state index contributed by atoms with van der Waals surface area (Å²) >= 11 is -1.93. The second-order valence-electron chi connectivity index (χ2n) is 7.54. The summed E-state index contributed by atoms with van der Waals surface area (Å²) in [5, 5.41) is 2.40. The van der Waals surface area contributed by atoms with E-state index in [4.69, 9.17) is 4.74 Å². The molecule has 116 valence electrons. The fourth-order valence-electron chi connectivity index (χ4n) is 3.37. The predicted molar refractivity (Wildman–Crippen MR) is 99.7 cm³/mol. The van der Waals surface area contributed by atoms with Gasteiger partial charge in [-0.1, -0.05) is 0 Å². The Morgan fingerprint density at radius 1 is 1.00 bits per heavy atom. The first-order valence-corrected chi connectivity index (χ1v) is 15.4. The average molecular weight is 364 g/mol. The van der Waals surface area contributed by atoms with Gasteiger partial charge in [0, 0.05) is 0 Å². The Labute approximate surface area is 139 Å². The van der Waals surface area contributed by atoms with Gasteiger partial charge in [-0.05, 0) is 0 Å². The number of aromatic nitrogens is 1. The van der Waals surface area contributed by atoms with Crippen molar-refractivity contribution in [1.29, 1.82) is 0 Å². The fourth-order valence-corrected chi connectivity index (χ4v) is 5.79. The van der Waals surface area contributed by atoms with Crippen molar-refractivity contribution >= 4 is 28.4 Å².